The molecule has 6 heteroatoms. The van der Waals surface area contributed by atoms with Crippen LogP contribution in [0.4, 0.5) is 5.82 Å². The summed E-state index contributed by atoms with van der Waals surface area (Å²) in [6.07, 6.45) is 1.33. The maximum absolute atomic E-state index is 12.0. The summed E-state index contributed by atoms with van der Waals surface area (Å²) in [5.74, 6) is 0.00646. The summed E-state index contributed by atoms with van der Waals surface area (Å²) in [5, 5.41) is 5.99. The first kappa shape index (κ1) is 13.7. The van der Waals surface area contributed by atoms with Gasteiger partial charge < -0.3 is 5.32 Å². The normalized spacial score (nSPS) is 11.9. The zero-order valence-electron chi connectivity index (χ0n) is 10.1. The molecule has 0 fully saturated rings. The van der Waals surface area contributed by atoms with Gasteiger partial charge in [-0.2, -0.15) is 11.3 Å². The minimum atomic E-state index is -0.572. The Hall–Kier alpha value is -1.72. The second kappa shape index (κ2) is 5.95. The first-order valence-electron chi connectivity index (χ1n) is 5.57. The lowest BCUT2D eigenvalue weighted by molar-refractivity contribution is -0.117. The molecule has 0 aliphatic heterocycles. The van der Waals surface area contributed by atoms with Crippen LogP contribution in [0.2, 0.25) is 0 Å². The number of rotatable bonds is 4. The third kappa shape index (κ3) is 3.39. The Labute approximate surface area is 119 Å². The quantitative estimate of drug-likeness (QED) is 0.881. The molecule has 0 saturated heterocycles. The fraction of sp³-hybridized carbons (Fsp3) is 0.154. The van der Waals surface area contributed by atoms with E-state index in [1.54, 1.807) is 17.4 Å². The van der Waals surface area contributed by atoms with Crippen LogP contribution < -0.4 is 5.32 Å². The Morgan fingerprint density at radius 2 is 2.16 bits per heavy atom. The molecule has 4 nitrogen and oxygen atoms in total. The van der Waals surface area contributed by atoms with Crippen LogP contribution in [-0.4, -0.2) is 16.1 Å². The molecule has 1 amide bonds. The summed E-state index contributed by atoms with van der Waals surface area (Å²) in [4.78, 5) is 26.8. The van der Waals surface area contributed by atoms with E-state index in [1.165, 1.54) is 12.3 Å². The van der Waals surface area contributed by atoms with Gasteiger partial charge in [0.1, 0.15) is 5.82 Å². The van der Waals surface area contributed by atoms with Gasteiger partial charge in [0.2, 0.25) is 5.91 Å². The predicted molar refractivity (Wildman–Crippen MR) is 75.8 cm³/mol. The van der Waals surface area contributed by atoms with E-state index in [4.69, 9.17) is 11.6 Å². The van der Waals surface area contributed by atoms with Crippen molar-refractivity contribution in [2.45, 2.75) is 12.8 Å². The van der Waals surface area contributed by atoms with Crippen molar-refractivity contribution in [3.05, 3.63) is 46.3 Å². The van der Waals surface area contributed by atoms with Gasteiger partial charge in [0.05, 0.1) is 11.5 Å². The van der Waals surface area contributed by atoms with E-state index in [0.717, 1.165) is 5.56 Å². The summed E-state index contributed by atoms with van der Waals surface area (Å²) < 4.78 is 0. The smallest absolute Gasteiger partial charge is 0.253 e. The number of hydrogen-bond acceptors (Lipinski definition) is 4. The van der Waals surface area contributed by atoms with Crippen LogP contribution in [0.25, 0.3) is 0 Å². The van der Waals surface area contributed by atoms with Gasteiger partial charge >= 0.3 is 0 Å². The number of carbonyl (C=O) groups excluding carboxylic acids is 2. The molecule has 1 N–H and O–H groups in total. The van der Waals surface area contributed by atoms with Crippen LogP contribution in [-0.2, 0) is 4.79 Å². The number of aromatic nitrogens is 1. The Balaban J connectivity index is 2.04. The van der Waals surface area contributed by atoms with E-state index in [2.05, 4.69) is 10.3 Å². The molecule has 0 bridgehead atoms. The van der Waals surface area contributed by atoms with E-state index in [-0.39, 0.29) is 11.8 Å². The molecule has 0 aliphatic rings. The van der Waals surface area contributed by atoms with Crippen LogP contribution in [0.5, 0.6) is 0 Å². The molecule has 2 aromatic heterocycles. The van der Waals surface area contributed by atoms with Crippen LogP contribution in [0.15, 0.2) is 35.2 Å². The molecule has 1 unspecified atom stereocenters. The topological polar surface area (TPSA) is 59.1 Å². The van der Waals surface area contributed by atoms with Crippen molar-refractivity contribution >= 4 is 39.9 Å². The first-order valence-corrected chi connectivity index (χ1v) is 6.89. The van der Waals surface area contributed by atoms with Crippen molar-refractivity contribution in [1.29, 1.82) is 0 Å². The third-order valence-electron chi connectivity index (χ3n) is 2.68. The number of nitrogens with one attached hydrogen (secondary N) is 1. The Morgan fingerprint density at radius 3 is 2.68 bits per heavy atom. The number of anilines is 1. The number of amides is 1. The molecule has 2 heterocycles. The van der Waals surface area contributed by atoms with Gasteiger partial charge in [-0.1, -0.05) is 0 Å². The number of hydrogen-bond donors (Lipinski definition) is 1. The summed E-state index contributed by atoms with van der Waals surface area (Å²) in [6.45, 7) is 1.83. The second-order valence-electron chi connectivity index (χ2n) is 3.97. The highest BCUT2D eigenvalue weighted by atomic mass is 35.5. The average Bonchev–Trinajstić information content (AvgIpc) is 2.92. The lowest BCUT2D eigenvalue weighted by Crippen LogP contribution is -2.19. The van der Waals surface area contributed by atoms with E-state index < -0.39 is 5.24 Å². The summed E-state index contributed by atoms with van der Waals surface area (Å²) >= 11 is 6.86. The monoisotopic (exact) mass is 294 g/mol. The van der Waals surface area contributed by atoms with Gasteiger partial charge in [-0.25, -0.2) is 4.98 Å². The Kier molecular flexibility index (Phi) is 4.29. The molecule has 2 aromatic rings. The average molecular weight is 295 g/mol. The number of carbonyl (C=O) groups is 2. The molecular formula is C13H11ClN2O2S. The van der Waals surface area contributed by atoms with Crippen molar-refractivity contribution in [1.82, 2.24) is 4.98 Å². The van der Waals surface area contributed by atoms with Gasteiger partial charge in [-0.15, -0.1) is 0 Å². The molecular weight excluding hydrogens is 284 g/mol. The van der Waals surface area contributed by atoms with Gasteiger partial charge in [-0.3, -0.25) is 9.59 Å². The molecule has 2 rings (SSSR count). The SMILES string of the molecule is CC(C(=O)Nc1ccc(C(=O)Cl)cn1)c1ccsc1. The molecule has 0 radical (unpaired) electrons. The number of pyridine rings is 1. The molecule has 98 valence electrons. The first-order chi connectivity index (χ1) is 9.08. The van der Waals surface area contributed by atoms with Gasteiger partial charge in [0.25, 0.3) is 5.24 Å². The predicted octanol–water partition coefficient (Wildman–Crippen LogP) is 3.26. The van der Waals surface area contributed by atoms with Crippen LogP contribution in [0, 0.1) is 0 Å². The summed E-state index contributed by atoms with van der Waals surface area (Å²) in [7, 11) is 0. The molecule has 0 spiro atoms. The maximum atomic E-state index is 12.0. The summed E-state index contributed by atoms with van der Waals surface area (Å²) in [5.41, 5.74) is 1.26. The van der Waals surface area contributed by atoms with Crippen molar-refractivity contribution in [2.75, 3.05) is 5.32 Å². The highest BCUT2D eigenvalue weighted by molar-refractivity contribution is 7.08. The Morgan fingerprint density at radius 1 is 1.37 bits per heavy atom. The zero-order chi connectivity index (χ0) is 13.8. The number of thiophene rings is 1. The second-order valence-corrected chi connectivity index (χ2v) is 5.10. The van der Waals surface area contributed by atoms with Gasteiger partial charge in [-0.05, 0) is 53.0 Å². The molecule has 0 aliphatic carbocycles. The minimum absolute atomic E-state index is 0.143. The highest BCUT2D eigenvalue weighted by Gasteiger charge is 2.16. The van der Waals surface area contributed by atoms with E-state index >= 15 is 0 Å². The number of nitrogens with zero attached hydrogens (tertiary/aromatic N) is 1. The highest BCUT2D eigenvalue weighted by Crippen LogP contribution is 2.19. The van der Waals surface area contributed by atoms with E-state index in [0.29, 0.717) is 11.4 Å². The molecule has 0 saturated carbocycles. The maximum Gasteiger partial charge on any atom is 0.253 e. The molecule has 19 heavy (non-hydrogen) atoms. The van der Waals surface area contributed by atoms with Crippen LogP contribution in [0.3, 0.4) is 0 Å². The standard InChI is InChI=1S/C13H11ClN2O2S/c1-8(10-4-5-19-7-10)13(18)16-11-3-2-9(6-15-11)12(14)17/h2-8H,1H3,(H,15,16,18). The van der Waals surface area contributed by atoms with Crippen molar-refractivity contribution in [3.8, 4) is 0 Å². The lowest BCUT2D eigenvalue weighted by atomic mass is 10.0. The van der Waals surface area contributed by atoms with Crippen LogP contribution >= 0.6 is 22.9 Å². The Bertz CT molecular complexity index is 581. The zero-order valence-corrected chi connectivity index (χ0v) is 11.7. The largest absolute Gasteiger partial charge is 0.310 e. The number of halogens is 1. The van der Waals surface area contributed by atoms with Crippen LogP contribution in [0.1, 0.15) is 28.8 Å². The summed E-state index contributed by atoms with van der Waals surface area (Å²) in [6, 6.07) is 4.98. The third-order valence-corrected chi connectivity index (χ3v) is 3.60. The van der Waals surface area contributed by atoms with Crippen molar-refractivity contribution < 1.29 is 9.59 Å². The van der Waals surface area contributed by atoms with E-state index in [1.807, 2.05) is 23.8 Å². The van der Waals surface area contributed by atoms with Gasteiger partial charge in [0, 0.05) is 6.20 Å². The fourth-order valence-corrected chi connectivity index (χ4v) is 2.36. The minimum Gasteiger partial charge on any atom is -0.310 e. The van der Waals surface area contributed by atoms with Crippen molar-refractivity contribution in [3.63, 3.8) is 0 Å². The van der Waals surface area contributed by atoms with E-state index in [9.17, 15) is 9.59 Å². The molecule has 0 aromatic carbocycles. The van der Waals surface area contributed by atoms with Crippen molar-refractivity contribution in [2.24, 2.45) is 0 Å². The fourth-order valence-electron chi connectivity index (χ4n) is 1.49. The molecule has 1 atom stereocenters. The van der Waals surface area contributed by atoms with Gasteiger partial charge in [0.15, 0.2) is 0 Å². The lowest BCUT2D eigenvalue weighted by Gasteiger charge is -2.10.